The molecule has 0 saturated heterocycles. The molecule has 0 N–H and O–H groups in total. The number of benzene rings is 1. The zero-order chi connectivity index (χ0) is 17.3. The van der Waals surface area contributed by atoms with Crippen LogP contribution in [0.25, 0.3) is 5.57 Å². The molecule has 0 heterocycles. The number of hydrogen-bond donors (Lipinski definition) is 0. The summed E-state index contributed by atoms with van der Waals surface area (Å²) in [6.07, 6.45) is 9.92. The molecule has 0 fully saturated rings. The smallest absolute Gasteiger partial charge is 0.141 e. The zero-order valence-corrected chi connectivity index (χ0v) is 17.5. The van der Waals surface area contributed by atoms with Crippen LogP contribution in [0.3, 0.4) is 0 Å². The summed E-state index contributed by atoms with van der Waals surface area (Å²) in [4.78, 5) is 0. The molecule has 0 bridgehead atoms. The van der Waals surface area contributed by atoms with Crippen molar-refractivity contribution in [3.63, 3.8) is 0 Å². The summed E-state index contributed by atoms with van der Waals surface area (Å²) in [6.45, 7) is 2.16. The highest BCUT2D eigenvalue weighted by molar-refractivity contribution is 9.12. The molecule has 128 valence electrons. The molecule has 0 atom stereocenters. The molecule has 1 aromatic rings. The molecule has 0 amide bonds. The maximum Gasteiger partial charge on any atom is 0.141 e. The van der Waals surface area contributed by atoms with Gasteiger partial charge >= 0.3 is 0 Å². The van der Waals surface area contributed by atoms with Crippen molar-refractivity contribution in [2.75, 3.05) is 14.2 Å². The largest absolute Gasteiger partial charge is 0.495 e. The van der Waals surface area contributed by atoms with E-state index in [4.69, 9.17) is 9.47 Å². The summed E-state index contributed by atoms with van der Waals surface area (Å²) >= 11 is 7.40. The van der Waals surface area contributed by atoms with Crippen molar-refractivity contribution in [3.05, 3.63) is 55.2 Å². The molecule has 0 radical (unpaired) electrons. The second-order valence-corrected chi connectivity index (χ2v) is 7.99. The molecule has 2 aliphatic rings. The molecular formula is C20H22Br2O2. The molecule has 0 unspecified atom stereocenters. The van der Waals surface area contributed by atoms with E-state index < -0.39 is 0 Å². The van der Waals surface area contributed by atoms with Crippen molar-refractivity contribution in [2.45, 2.75) is 39.0 Å². The van der Waals surface area contributed by atoms with Gasteiger partial charge in [0.1, 0.15) is 11.5 Å². The summed E-state index contributed by atoms with van der Waals surface area (Å²) in [5.41, 5.74) is 6.47. The number of allylic oxidation sites excluding steroid dienone is 5. The van der Waals surface area contributed by atoms with E-state index in [1.54, 1.807) is 14.2 Å². The number of ether oxygens (including phenoxy) is 2. The predicted molar refractivity (Wildman–Crippen MR) is 107 cm³/mol. The van der Waals surface area contributed by atoms with Gasteiger partial charge in [0.05, 0.1) is 23.2 Å². The quantitative estimate of drug-likeness (QED) is 0.532. The van der Waals surface area contributed by atoms with Gasteiger partial charge < -0.3 is 9.47 Å². The highest BCUT2D eigenvalue weighted by atomic mass is 79.9. The second kappa shape index (κ2) is 7.49. The van der Waals surface area contributed by atoms with Gasteiger partial charge in [-0.2, -0.15) is 0 Å². The average molecular weight is 454 g/mol. The first-order chi connectivity index (χ1) is 11.6. The van der Waals surface area contributed by atoms with Crippen molar-refractivity contribution in [2.24, 2.45) is 0 Å². The normalized spacial score (nSPS) is 22.9. The molecule has 0 spiro atoms. The molecule has 4 heteroatoms. The van der Waals surface area contributed by atoms with E-state index in [1.807, 2.05) is 0 Å². The fraction of sp³-hybridized carbons (Fsp3) is 0.400. The first-order valence-corrected chi connectivity index (χ1v) is 9.85. The third kappa shape index (κ3) is 3.23. The second-order valence-electron chi connectivity index (χ2n) is 6.29. The van der Waals surface area contributed by atoms with Crippen LogP contribution in [0.1, 0.15) is 42.9 Å². The van der Waals surface area contributed by atoms with Gasteiger partial charge in [-0.1, -0.05) is 11.6 Å². The van der Waals surface area contributed by atoms with Crippen molar-refractivity contribution in [3.8, 4) is 5.75 Å². The monoisotopic (exact) mass is 452 g/mol. The van der Waals surface area contributed by atoms with Crippen molar-refractivity contribution in [1.82, 2.24) is 0 Å². The van der Waals surface area contributed by atoms with Gasteiger partial charge in [-0.3, -0.25) is 0 Å². The SMILES string of the molecule is CO/C1=C(Br)/C=C(\C)CCC=C1c1c2c(cc(Br)c1OC)CCC2. The molecule has 0 saturated carbocycles. The van der Waals surface area contributed by atoms with Crippen LogP contribution in [0.5, 0.6) is 5.75 Å². The number of aryl methyl sites for hydroxylation is 1. The summed E-state index contributed by atoms with van der Waals surface area (Å²) in [5.74, 6) is 1.78. The van der Waals surface area contributed by atoms with Crippen LogP contribution in [0.4, 0.5) is 0 Å². The minimum absolute atomic E-state index is 0.875. The number of fused-ring (bicyclic) bond motifs is 1. The van der Waals surface area contributed by atoms with Gasteiger partial charge in [0.25, 0.3) is 0 Å². The Morgan fingerprint density at radius 3 is 2.54 bits per heavy atom. The average Bonchev–Trinajstić information content (AvgIpc) is 2.99. The number of rotatable bonds is 3. The lowest BCUT2D eigenvalue weighted by molar-refractivity contribution is 0.309. The summed E-state index contributed by atoms with van der Waals surface area (Å²) in [5, 5.41) is 0. The van der Waals surface area contributed by atoms with Gasteiger partial charge in [-0.25, -0.2) is 0 Å². The summed E-state index contributed by atoms with van der Waals surface area (Å²) in [6, 6.07) is 2.21. The highest BCUT2D eigenvalue weighted by Gasteiger charge is 2.27. The van der Waals surface area contributed by atoms with Crippen molar-refractivity contribution in [1.29, 1.82) is 0 Å². The fourth-order valence-corrected chi connectivity index (χ4v) is 5.02. The Bertz CT molecular complexity index is 754. The van der Waals surface area contributed by atoms with Crippen LogP contribution in [0.15, 0.2) is 38.5 Å². The Morgan fingerprint density at radius 2 is 1.83 bits per heavy atom. The molecule has 2 nitrogen and oxygen atoms in total. The fourth-order valence-electron chi connectivity index (χ4n) is 3.61. The zero-order valence-electron chi connectivity index (χ0n) is 14.3. The van der Waals surface area contributed by atoms with E-state index in [9.17, 15) is 0 Å². The minimum Gasteiger partial charge on any atom is -0.495 e. The topological polar surface area (TPSA) is 18.5 Å². The maximum atomic E-state index is 5.80. The summed E-state index contributed by atoms with van der Waals surface area (Å²) < 4.78 is 13.6. The molecule has 1 aromatic carbocycles. The predicted octanol–water partition coefficient (Wildman–Crippen LogP) is 6.32. The van der Waals surface area contributed by atoms with Crippen LogP contribution in [0.2, 0.25) is 0 Å². The van der Waals surface area contributed by atoms with Crippen LogP contribution in [-0.4, -0.2) is 14.2 Å². The van der Waals surface area contributed by atoms with E-state index >= 15 is 0 Å². The van der Waals surface area contributed by atoms with Gasteiger partial charge in [-0.05, 0) is 94.2 Å². The van der Waals surface area contributed by atoms with Gasteiger partial charge in [0.15, 0.2) is 0 Å². The lowest BCUT2D eigenvalue weighted by atomic mass is 9.91. The lowest BCUT2D eigenvalue weighted by Gasteiger charge is -2.21. The standard InChI is InChI=1S/C20H22Br2O2/c1-12-6-4-9-15(19(23-2)16(21)10-12)18-14-8-5-7-13(14)11-17(22)20(18)24-3/h9-11H,4-8H2,1-3H3/b12-10+,15-9?,19-16-. The molecule has 0 aromatic heterocycles. The van der Waals surface area contributed by atoms with Crippen molar-refractivity contribution >= 4 is 37.4 Å². The van der Waals surface area contributed by atoms with E-state index in [-0.39, 0.29) is 0 Å². The van der Waals surface area contributed by atoms with E-state index in [1.165, 1.54) is 28.7 Å². The van der Waals surface area contributed by atoms with E-state index in [2.05, 4.69) is 57.0 Å². The van der Waals surface area contributed by atoms with Gasteiger partial charge in [0, 0.05) is 11.1 Å². The number of methoxy groups -OCH3 is 2. The molecular weight excluding hydrogens is 432 g/mol. The number of halogens is 2. The Balaban J connectivity index is 2.28. The van der Waals surface area contributed by atoms with Crippen LogP contribution in [-0.2, 0) is 17.6 Å². The Labute approximate surface area is 160 Å². The lowest BCUT2D eigenvalue weighted by Crippen LogP contribution is -2.04. The molecule has 3 rings (SSSR count). The Kier molecular flexibility index (Phi) is 5.56. The van der Waals surface area contributed by atoms with Crippen LogP contribution in [0, 0.1) is 0 Å². The van der Waals surface area contributed by atoms with Gasteiger partial charge in [0.2, 0.25) is 0 Å². The third-order valence-corrected chi connectivity index (χ3v) is 5.88. The summed E-state index contributed by atoms with van der Waals surface area (Å²) in [7, 11) is 3.48. The number of hydrogen-bond acceptors (Lipinski definition) is 2. The first-order valence-electron chi connectivity index (χ1n) is 8.26. The van der Waals surface area contributed by atoms with E-state index in [0.29, 0.717) is 0 Å². The third-order valence-electron chi connectivity index (χ3n) is 4.71. The minimum atomic E-state index is 0.875. The van der Waals surface area contributed by atoms with Crippen LogP contribution < -0.4 is 4.74 Å². The maximum absolute atomic E-state index is 5.80. The highest BCUT2D eigenvalue weighted by Crippen LogP contribution is 2.45. The Morgan fingerprint density at radius 1 is 1.04 bits per heavy atom. The Hall–Kier alpha value is -1.00. The molecule has 2 aliphatic carbocycles. The van der Waals surface area contributed by atoms with E-state index in [0.717, 1.165) is 51.7 Å². The van der Waals surface area contributed by atoms with Gasteiger partial charge in [-0.15, -0.1) is 0 Å². The van der Waals surface area contributed by atoms with Crippen LogP contribution >= 0.6 is 31.9 Å². The first kappa shape index (κ1) is 17.8. The van der Waals surface area contributed by atoms with Crippen molar-refractivity contribution < 1.29 is 9.47 Å². The molecule has 0 aliphatic heterocycles. The molecule has 24 heavy (non-hydrogen) atoms.